The number of hydrogen-bond acceptors (Lipinski definition) is 4. The summed E-state index contributed by atoms with van der Waals surface area (Å²) in [5.41, 5.74) is 0. The van der Waals surface area contributed by atoms with E-state index in [4.69, 9.17) is 4.42 Å². The number of likely N-dealkylation sites (tertiary alicyclic amines) is 1. The zero-order valence-corrected chi connectivity index (χ0v) is 14.3. The summed E-state index contributed by atoms with van der Waals surface area (Å²) in [6.07, 6.45) is 7.54. The van der Waals surface area contributed by atoms with Gasteiger partial charge in [-0.15, -0.1) is 0 Å². The molecule has 1 saturated heterocycles. The van der Waals surface area contributed by atoms with Gasteiger partial charge in [0, 0.05) is 13.1 Å². The molecule has 0 bridgehead atoms. The fraction of sp³-hybridized carbons (Fsp3) is 0.611. The molecule has 1 saturated carbocycles. The minimum absolute atomic E-state index is 0.0210. The Hall–Kier alpha value is -2.31. The van der Waals surface area contributed by atoms with E-state index in [2.05, 4.69) is 10.6 Å². The SMILES string of the molecule is O=C(CNC(=O)c1ccco1)NCC(=O)N1CC[C@@H]2CCCC[C@H]2C1. The molecule has 2 N–H and O–H groups in total. The highest BCUT2D eigenvalue weighted by molar-refractivity contribution is 5.94. The molecule has 0 spiro atoms. The van der Waals surface area contributed by atoms with Crippen LogP contribution in [0.25, 0.3) is 0 Å². The van der Waals surface area contributed by atoms with Crippen LogP contribution >= 0.6 is 0 Å². The van der Waals surface area contributed by atoms with Gasteiger partial charge in [-0.2, -0.15) is 0 Å². The predicted octanol–water partition coefficient (Wildman–Crippen LogP) is 1.16. The summed E-state index contributed by atoms with van der Waals surface area (Å²) >= 11 is 0. The average molecular weight is 347 g/mol. The Balaban J connectivity index is 1.37. The number of amides is 3. The van der Waals surface area contributed by atoms with E-state index < -0.39 is 5.91 Å². The van der Waals surface area contributed by atoms with Crippen molar-refractivity contribution in [2.24, 2.45) is 11.8 Å². The second-order valence-corrected chi connectivity index (χ2v) is 6.87. The largest absolute Gasteiger partial charge is 0.459 e. The fourth-order valence-corrected chi connectivity index (χ4v) is 3.83. The number of carbonyl (C=O) groups is 3. The van der Waals surface area contributed by atoms with Crippen molar-refractivity contribution in [2.45, 2.75) is 32.1 Å². The monoisotopic (exact) mass is 347 g/mol. The van der Waals surface area contributed by atoms with Crippen LogP contribution in [-0.4, -0.2) is 48.8 Å². The summed E-state index contributed by atoms with van der Waals surface area (Å²) in [4.78, 5) is 37.7. The van der Waals surface area contributed by atoms with Crippen LogP contribution in [0.1, 0.15) is 42.7 Å². The number of piperidine rings is 1. The van der Waals surface area contributed by atoms with Gasteiger partial charge in [0.05, 0.1) is 19.4 Å². The Kier molecular flexibility index (Phi) is 5.73. The lowest BCUT2D eigenvalue weighted by Gasteiger charge is -2.41. The molecule has 1 aromatic rings. The zero-order chi connectivity index (χ0) is 17.6. The minimum atomic E-state index is -0.453. The van der Waals surface area contributed by atoms with Crippen LogP contribution in [0.5, 0.6) is 0 Å². The van der Waals surface area contributed by atoms with Gasteiger partial charge in [0.2, 0.25) is 11.8 Å². The smallest absolute Gasteiger partial charge is 0.287 e. The van der Waals surface area contributed by atoms with E-state index in [-0.39, 0.29) is 30.7 Å². The van der Waals surface area contributed by atoms with Crippen LogP contribution in [0.4, 0.5) is 0 Å². The van der Waals surface area contributed by atoms with E-state index in [0.29, 0.717) is 5.92 Å². The van der Waals surface area contributed by atoms with Crippen molar-refractivity contribution in [3.8, 4) is 0 Å². The molecule has 3 rings (SSSR count). The van der Waals surface area contributed by atoms with Crippen LogP contribution < -0.4 is 10.6 Å². The Labute approximate surface area is 147 Å². The average Bonchev–Trinajstić information content (AvgIpc) is 3.18. The zero-order valence-electron chi connectivity index (χ0n) is 14.3. The molecule has 7 heteroatoms. The van der Waals surface area contributed by atoms with Crippen molar-refractivity contribution in [3.63, 3.8) is 0 Å². The number of furan rings is 1. The van der Waals surface area contributed by atoms with E-state index in [1.54, 1.807) is 6.07 Å². The Bertz CT molecular complexity index is 614. The molecule has 136 valence electrons. The van der Waals surface area contributed by atoms with Gasteiger partial charge in [0.25, 0.3) is 5.91 Å². The third kappa shape index (κ3) is 4.61. The van der Waals surface area contributed by atoms with E-state index in [9.17, 15) is 14.4 Å². The Morgan fingerprint density at radius 1 is 1.08 bits per heavy atom. The lowest BCUT2D eigenvalue weighted by Crippen LogP contribution is -2.49. The molecule has 2 heterocycles. The quantitative estimate of drug-likeness (QED) is 0.836. The highest BCUT2D eigenvalue weighted by Gasteiger charge is 2.32. The standard InChI is InChI=1S/C18H25N3O4/c22-16(10-20-18(24)15-6-3-9-25-15)19-11-17(23)21-8-7-13-4-1-2-5-14(13)12-21/h3,6,9,13-14H,1-2,4-5,7-8,10-12H2,(H,19,22)(H,20,24)/t13-,14-/m0/s1. The number of rotatable bonds is 5. The van der Waals surface area contributed by atoms with Crippen LogP contribution in [0, 0.1) is 11.8 Å². The maximum atomic E-state index is 12.3. The van der Waals surface area contributed by atoms with Crippen LogP contribution in [0.2, 0.25) is 0 Å². The van der Waals surface area contributed by atoms with E-state index in [1.807, 2.05) is 4.90 Å². The van der Waals surface area contributed by atoms with Gasteiger partial charge < -0.3 is 20.0 Å². The molecule has 1 aliphatic carbocycles. The van der Waals surface area contributed by atoms with Gasteiger partial charge >= 0.3 is 0 Å². The van der Waals surface area contributed by atoms with E-state index in [0.717, 1.165) is 25.4 Å². The summed E-state index contributed by atoms with van der Waals surface area (Å²) in [6, 6.07) is 3.12. The Morgan fingerprint density at radius 2 is 1.88 bits per heavy atom. The molecule has 1 aliphatic heterocycles. The lowest BCUT2D eigenvalue weighted by atomic mass is 9.75. The maximum absolute atomic E-state index is 12.3. The Morgan fingerprint density at radius 3 is 2.64 bits per heavy atom. The third-order valence-electron chi connectivity index (χ3n) is 5.24. The lowest BCUT2D eigenvalue weighted by molar-refractivity contribution is -0.135. The number of nitrogens with one attached hydrogen (secondary N) is 2. The van der Waals surface area contributed by atoms with E-state index in [1.165, 1.54) is 38.0 Å². The molecule has 2 aliphatic rings. The summed E-state index contributed by atoms with van der Waals surface area (Å²) in [5.74, 6) is 0.652. The van der Waals surface area contributed by atoms with Crippen molar-refractivity contribution >= 4 is 17.7 Å². The number of carbonyl (C=O) groups excluding carboxylic acids is 3. The van der Waals surface area contributed by atoms with Gasteiger partial charge in [-0.25, -0.2) is 0 Å². The summed E-state index contributed by atoms with van der Waals surface area (Å²) in [6.45, 7) is 1.39. The fourth-order valence-electron chi connectivity index (χ4n) is 3.83. The summed E-state index contributed by atoms with van der Waals surface area (Å²) in [5, 5.41) is 5.03. The highest BCUT2D eigenvalue weighted by atomic mass is 16.3. The first-order chi connectivity index (χ1) is 12.1. The minimum Gasteiger partial charge on any atom is -0.459 e. The van der Waals surface area contributed by atoms with Gasteiger partial charge in [0.15, 0.2) is 5.76 Å². The van der Waals surface area contributed by atoms with Gasteiger partial charge in [0.1, 0.15) is 0 Å². The first-order valence-corrected chi connectivity index (χ1v) is 8.99. The first kappa shape index (κ1) is 17.5. The maximum Gasteiger partial charge on any atom is 0.287 e. The van der Waals surface area contributed by atoms with Crippen molar-refractivity contribution in [1.29, 1.82) is 0 Å². The van der Waals surface area contributed by atoms with Crippen LogP contribution in [-0.2, 0) is 9.59 Å². The van der Waals surface area contributed by atoms with Crippen LogP contribution in [0.3, 0.4) is 0 Å². The summed E-state index contributed by atoms with van der Waals surface area (Å²) in [7, 11) is 0. The van der Waals surface area contributed by atoms with Gasteiger partial charge in [-0.1, -0.05) is 19.3 Å². The normalized spacial score (nSPS) is 22.8. The molecule has 7 nitrogen and oxygen atoms in total. The second-order valence-electron chi connectivity index (χ2n) is 6.87. The molecule has 0 radical (unpaired) electrons. The number of fused-ring (bicyclic) bond motifs is 1. The van der Waals surface area contributed by atoms with Gasteiger partial charge in [-0.05, 0) is 36.8 Å². The molecule has 0 unspecified atom stereocenters. The molecule has 25 heavy (non-hydrogen) atoms. The predicted molar refractivity (Wildman–Crippen MR) is 90.7 cm³/mol. The molecule has 2 atom stereocenters. The molecule has 0 aromatic carbocycles. The highest BCUT2D eigenvalue weighted by Crippen LogP contribution is 2.35. The molecular weight excluding hydrogens is 322 g/mol. The van der Waals surface area contributed by atoms with Gasteiger partial charge in [-0.3, -0.25) is 14.4 Å². The van der Waals surface area contributed by atoms with E-state index >= 15 is 0 Å². The topological polar surface area (TPSA) is 91.6 Å². The van der Waals surface area contributed by atoms with Crippen molar-refractivity contribution in [3.05, 3.63) is 24.2 Å². The molecule has 3 amide bonds. The van der Waals surface area contributed by atoms with Crippen LogP contribution in [0.15, 0.2) is 22.8 Å². The summed E-state index contributed by atoms with van der Waals surface area (Å²) < 4.78 is 4.94. The number of hydrogen-bond donors (Lipinski definition) is 2. The first-order valence-electron chi connectivity index (χ1n) is 8.99. The van der Waals surface area contributed by atoms with Crippen molar-refractivity contribution in [2.75, 3.05) is 26.2 Å². The molecular formula is C18H25N3O4. The van der Waals surface area contributed by atoms with Crippen molar-refractivity contribution < 1.29 is 18.8 Å². The van der Waals surface area contributed by atoms with Crippen molar-refractivity contribution in [1.82, 2.24) is 15.5 Å². The number of nitrogens with zero attached hydrogens (tertiary/aromatic N) is 1. The third-order valence-corrected chi connectivity index (χ3v) is 5.24. The second kappa shape index (κ2) is 8.18. The molecule has 1 aromatic heterocycles. The molecule has 2 fully saturated rings.